The molecule has 1 atom stereocenters. The molecule has 1 aromatic carbocycles. The van der Waals surface area contributed by atoms with E-state index < -0.39 is 6.04 Å². The number of hydrogen-bond acceptors (Lipinski definition) is 4. The van der Waals surface area contributed by atoms with Crippen LogP contribution in [0.25, 0.3) is 0 Å². The summed E-state index contributed by atoms with van der Waals surface area (Å²) in [4.78, 5) is 15.5. The van der Waals surface area contributed by atoms with Gasteiger partial charge in [-0.3, -0.25) is 4.79 Å². The maximum atomic E-state index is 12.6. The molecule has 2 N–H and O–H groups in total. The number of likely N-dealkylation sites (N-methyl/N-ethyl adjacent to an activating group) is 1. The molecule has 1 heterocycles. The highest BCUT2D eigenvalue weighted by atomic mass is 32.1. The summed E-state index contributed by atoms with van der Waals surface area (Å²) in [5.41, 5.74) is 6.87. The Morgan fingerprint density at radius 3 is 2.71 bits per heavy atom. The van der Waals surface area contributed by atoms with Crippen LogP contribution in [0.5, 0.6) is 5.75 Å². The van der Waals surface area contributed by atoms with Crippen molar-refractivity contribution in [2.24, 2.45) is 5.73 Å². The number of nitrogens with zero attached hydrogens (tertiary/aromatic N) is 1. The molecule has 21 heavy (non-hydrogen) atoms. The van der Waals surface area contributed by atoms with E-state index >= 15 is 0 Å². The van der Waals surface area contributed by atoms with Gasteiger partial charge in [-0.1, -0.05) is 24.3 Å². The maximum absolute atomic E-state index is 12.6. The minimum absolute atomic E-state index is 0.0876. The Bertz CT molecular complexity index is 584. The van der Waals surface area contributed by atoms with Gasteiger partial charge in [-0.15, -0.1) is 11.3 Å². The normalized spacial score (nSPS) is 12.0. The van der Waals surface area contributed by atoms with E-state index in [1.807, 2.05) is 48.7 Å². The molecule has 0 saturated carbocycles. The predicted octanol–water partition coefficient (Wildman–Crippen LogP) is 2.81. The van der Waals surface area contributed by atoms with E-state index in [9.17, 15) is 4.79 Å². The van der Waals surface area contributed by atoms with Crippen molar-refractivity contribution in [3.05, 3.63) is 52.2 Å². The Labute approximate surface area is 129 Å². The van der Waals surface area contributed by atoms with E-state index in [0.29, 0.717) is 18.8 Å². The molecule has 0 bridgehead atoms. The summed E-state index contributed by atoms with van der Waals surface area (Å²) in [5.74, 6) is 0.556. The quantitative estimate of drug-likeness (QED) is 0.893. The van der Waals surface area contributed by atoms with Crippen LogP contribution in [0.3, 0.4) is 0 Å². The van der Waals surface area contributed by atoms with Gasteiger partial charge < -0.3 is 15.4 Å². The lowest BCUT2D eigenvalue weighted by Gasteiger charge is -2.24. The molecule has 0 aliphatic carbocycles. The lowest BCUT2D eigenvalue weighted by Crippen LogP contribution is -2.38. The molecule has 1 aromatic heterocycles. The summed E-state index contributed by atoms with van der Waals surface area (Å²) in [6, 6.07) is 10.7. The van der Waals surface area contributed by atoms with Gasteiger partial charge >= 0.3 is 0 Å². The minimum Gasteiger partial charge on any atom is -0.496 e. The van der Waals surface area contributed by atoms with Gasteiger partial charge in [0, 0.05) is 17.0 Å². The van der Waals surface area contributed by atoms with Crippen LogP contribution in [0.2, 0.25) is 0 Å². The van der Waals surface area contributed by atoms with Crippen LogP contribution in [-0.2, 0) is 11.3 Å². The van der Waals surface area contributed by atoms with Gasteiger partial charge in [0.2, 0.25) is 5.91 Å². The molecular formula is C16H20N2O2S. The van der Waals surface area contributed by atoms with Crippen molar-refractivity contribution in [1.82, 2.24) is 4.90 Å². The Hall–Kier alpha value is -1.85. The van der Waals surface area contributed by atoms with Crippen molar-refractivity contribution in [3.63, 3.8) is 0 Å². The lowest BCUT2D eigenvalue weighted by molar-refractivity contribution is -0.133. The second-order valence-corrected chi connectivity index (χ2v) is 5.68. The fourth-order valence-corrected chi connectivity index (χ4v) is 2.91. The summed E-state index contributed by atoms with van der Waals surface area (Å²) in [6.45, 7) is 3.18. The SMILES string of the molecule is CCN(Cc1cccs1)C(=O)[C@H](N)c1ccccc1OC. The van der Waals surface area contributed by atoms with Crippen molar-refractivity contribution in [1.29, 1.82) is 0 Å². The van der Waals surface area contributed by atoms with Crippen LogP contribution in [0.4, 0.5) is 0 Å². The van der Waals surface area contributed by atoms with Gasteiger partial charge in [-0.2, -0.15) is 0 Å². The highest BCUT2D eigenvalue weighted by molar-refractivity contribution is 7.09. The zero-order valence-electron chi connectivity index (χ0n) is 12.3. The Morgan fingerprint density at radius 1 is 1.33 bits per heavy atom. The molecule has 0 aliphatic rings. The molecule has 0 radical (unpaired) electrons. The molecule has 0 fully saturated rings. The van der Waals surface area contributed by atoms with E-state index in [-0.39, 0.29) is 5.91 Å². The maximum Gasteiger partial charge on any atom is 0.244 e. The molecule has 0 aliphatic heterocycles. The number of amides is 1. The van der Waals surface area contributed by atoms with Gasteiger partial charge in [-0.25, -0.2) is 0 Å². The molecule has 5 heteroatoms. The van der Waals surface area contributed by atoms with Crippen LogP contribution in [0, 0.1) is 0 Å². The molecule has 4 nitrogen and oxygen atoms in total. The number of ether oxygens (including phenoxy) is 1. The first-order chi connectivity index (χ1) is 10.2. The molecule has 0 unspecified atom stereocenters. The summed E-state index contributed by atoms with van der Waals surface area (Å²) in [6.07, 6.45) is 0. The van der Waals surface area contributed by atoms with Crippen LogP contribution >= 0.6 is 11.3 Å². The van der Waals surface area contributed by atoms with Gasteiger partial charge in [0.15, 0.2) is 0 Å². The molecule has 2 aromatic rings. The number of carbonyl (C=O) groups excluding carboxylic acids is 1. The summed E-state index contributed by atoms with van der Waals surface area (Å²) in [5, 5.41) is 2.01. The van der Waals surface area contributed by atoms with Crippen LogP contribution in [0.1, 0.15) is 23.4 Å². The minimum atomic E-state index is -0.707. The third kappa shape index (κ3) is 3.62. The number of carbonyl (C=O) groups is 1. The van der Waals surface area contributed by atoms with Crippen LogP contribution in [0.15, 0.2) is 41.8 Å². The number of nitrogens with two attached hydrogens (primary N) is 1. The van der Waals surface area contributed by atoms with Gasteiger partial charge in [0.05, 0.1) is 13.7 Å². The van der Waals surface area contributed by atoms with Gasteiger partial charge in [0.25, 0.3) is 0 Å². The number of thiophene rings is 1. The van der Waals surface area contributed by atoms with E-state index in [2.05, 4.69) is 0 Å². The van der Waals surface area contributed by atoms with E-state index in [1.54, 1.807) is 23.3 Å². The molecule has 0 spiro atoms. The average Bonchev–Trinajstić information content (AvgIpc) is 3.04. The number of hydrogen-bond donors (Lipinski definition) is 1. The molecule has 1 amide bonds. The first-order valence-corrected chi connectivity index (χ1v) is 7.75. The Balaban J connectivity index is 2.16. The lowest BCUT2D eigenvalue weighted by atomic mass is 10.1. The van der Waals surface area contributed by atoms with Crippen molar-refractivity contribution in [2.75, 3.05) is 13.7 Å². The second-order valence-electron chi connectivity index (χ2n) is 4.65. The van der Waals surface area contributed by atoms with E-state index in [4.69, 9.17) is 10.5 Å². The summed E-state index contributed by atoms with van der Waals surface area (Å²) < 4.78 is 5.29. The van der Waals surface area contributed by atoms with Crippen molar-refractivity contribution in [2.45, 2.75) is 19.5 Å². The summed E-state index contributed by atoms with van der Waals surface area (Å²) >= 11 is 1.64. The Morgan fingerprint density at radius 2 is 2.10 bits per heavy atom. The number of rotatable bonds is 6. The van der Waals surface area contributed by atoms with Gasteiger partial charge in [0.1, 0.15) is 11.8 Å². The standard InChI is InChI=1S/C16H20N2O2S/c1-3-18(11-12-7-6-10-21-12)16(19)15(17)13-8-4-5-9-14(13)20-2/h4-10,15H,3,11,17H2,1-2H3/t15-/m1/s1. The predicted molar refractivity (Wildman–Crippen MR) is 85.3 cm³/mol. The number of para-hydroxylation sites is 1. The molecule has 112 valence electrons. The largest absolute Gasteiger partial charge is 0.496 e. The van der Waals surface area contributed by atoms with E-state index in [0.717, 1.165) is 10.4 Å². The second kappa shape index (κ2) is 7.24. The number of benzene rings is 1. The first-order valence-electron chi connectivity index (χ1n) is 6.87. The topological polar surface area (TPSA) is 55.6 Å². The smallest absolute Gasteiger partial charge is 0.244 e. The zero-order chi connectivity index (χ0) is 15.2. The molecular weight excluding hydrogens is 284 g/mol. The van der Waals surface area contributed by atoms with Crippen molar-refractivity contribution < 1.29 is 9.53 Å². The highest BCUT2D eigenvalue weighted by Crippen LogP contribution is 2.25. The zero-order valence-corrected chi connectivity index (χ0v) is 13.1. The molecule has 0 saturated heterocycles. The van der Waals surface area contributed by atoms with Gasteiger partial charge in [-0.05, 0) is 24.4 Å². The third-order valence-electron chi connectivity index (χ3n) is 3.36. The summed E-state index contributed by atoms with van der Waals surface area (Å²) in [7, 11) is 1.58. The Kier molecular flexibility index (Phi) is 5.36. The van der Waals surface area contributed by atoms with Crippen molar-refractivity contribution in [3.8, 4) is 5.75 Å². The number of methoxy groups -OCH3 is 1. The van der Waals surface area contributed by atoms with Crippen molar-refractivity contribution >= 4 is 17.2 Å². The van der Waals surface area contributed by atoms with E-state index in [1.165, 1.54) is 0 Å². The first kappa shape index (κ1) is 15.5. The molecule has 2 rings (SSSR count). The fourth-order valence-electron chi connectivity index (χ4n) is 2.19. The van der Waals surface area contributed by atoms with Crippen LogP contribution in [-0.4, -0.2) is 24.5 Å². The fraction of sp³-hybridized carbons (Fsp3) is 0.312. The third-order valence-corrected chi connectivity index (χ3v) is 4.22. The average molecular weight is 304 g/mol. The van der Waals surface area contributed by atoms with Crippen LogP contribution < -0.4 is 10.5 Å². The monoisotopic (exact) mass is 304 g/mol. The highest BCUT2D eigenvalue weighted by Gasteiger charge is 2.24.